The molecular formula is C13H15. The van der Waals surface area contributed by atoms with Crippen molar-refractivity contribution >= 4 is 0 Å². The Morgan fingerprint density at radius 3 is 2.77 bits per heavy atom. The molecule has 0 spiro atoms. The van der Waals surface area contributed by atoms with Gasteiger partial charge in [0.2, 0.25) is 0 Å². The van der Waals surface area contributed by atoms with Gasteiger partial charge in [0.1, 0.15) is 0 Å². The SMILES string of the molecule is CCC1=C(C)Cc2ccccc2[CH]1. The zero-order chi connectivity index (χ0) is 9.26. The van der Waals surface area contributed by atoms with E-state index in [-0.39, 0.29) is 0 Å². The number of fused-ring (bicyclic) bond motifs is 1. The number of rotatable bonds is 1. The highest BCUT2D eigenvalue weighted by Crippen LogP contribution is 2.28. The Balaban J connectivity index is 2.37. The van der Waals surface area contributed by atoms with Crippen LogP contribution in [-0.4, -0.2) is 0 Å². The fourth-order valence-electron chi connectivity index (χ4n) is 1.95. The molecule has 0 heterocycles. The minimum absolute atomic E-state index is 1.13. The number of hydrogen-bond donors (Lipinski definition) is 0. The monoisotopic (exact) mass is 171 g/mol. The maximum absolute atomic E-state index is 2.33. The predicted octanol–water partition coefficient (Wildman–Crippen LogP) is 3.52. The van der Waals surface area contributed by atoms with Crippen LogP contribution in [0.1, 0.15) is 31.4 Å². The third-order valence-corrected chi connectivity index (χ3v) is 2.77. The van der Waals surface area contributed by atoms with Crippen LogP contribution < -0.4 is 0 Å². The van der Waals surface area contributed by atoms with Crippen LogP contribution >= 0.6 is 0 Å². The van der Waals surface area contributed by atoms with Gasteiger partial charge in [0.15, 0.2) is 0 Å². The molecule has 13 heavy (non-hydrogen) atoms. The van der Waals surface area contributed by atoms with E-state index in [0.717, 1.165) is 12.8 Å². The zero-order valence-corrected chi connectivity index (χ0v) is 8.30. The summed E-state index contributed by atoms with van der Waals surface area (Å²) in [6, 6.07) is 8.67. The summed E-state index contributed by atoms with van der Waals surface area (Å²) >= 11 is 0. The Hall–Kier alpha value is -1.04. The van der Waals surface area contributed by atoms with E-state index < -0.39 is 0 Å². The molecule has 0 fully saturated rings. The Morgan fingerprint density at radius 2 is 2.00 bits per heavy atom. The van der Waals surface area contributed by atoms with Crippen molar-refractivity contribution in [2.24, 2.45) is 0 Å². The van der Waals surface area contributed by atoms with E-state index in [1.54, 1.807) is 0 Å². The minimum atomic E-state index is 1.13. The molecule has 0 aliphatic heterocycles. The second-order valence-corrected chi connectivity index (χ2v) is 3.68. The van der Waals surface area contributed by atoms with Gasteiger partial charge in [0.05, 0.1) is 0 Å². The summed E-state index contributed by atoms with van der Waals surface area (Å²) in [5.41, 5.74) is 5.92. The summed E-state index contributed by atoms with van der Waals surface area (Å²) < 4.78 is 0. The van der Waals surface area contributed by atoms with Gasteiger partial charge in [-0.1, -0.05) is 42.3 Å². The van der Waals surface area contributed by atoms with E-state index in [4.69, 9.17) is 0 Å². The summed E-state index contributed by atoms with van der Waals surface area (Å²) in [5.74, 6) is 0. The summed E-state index contributed by atoms with van der Waals surface area (Å²) in [6.07, 6.45) is 4.62. The van der Waals surface area contributed by atoms with Crippen molar-refractivity contribution in [3.63, 3.8) is 0 Å². The van der Waals surface area contributed by atoms with E-state index >= 15 is 0 Å². The van der Waals surface area contributed by atoms with E-state index in [0.29, 0.717) is 0 Å². The summed E-state index contributed by atoms with van der Waals surface area (Å²) in [7, 11) is 0. The molecular weight excluding hydrogens is 156 g/mol. The molecule has 0 saturated heterocycles. The van der Waals surface area contributed by atoms with Crippen molar-refractivity contribution in [1.29, 1.82) is 0 Å². The molecule has 1 aliphatic carbocycles. The highest BCUT2D eigenvalue weighted by atomic mass is 14.2. The van der Waals surface area contributed by atoms with Crippen molar-refractivity contribution in [2.45, 2.75) is 26.7 Å². The Labute approximate surface area is 80.3 Å². The fraction of sp³-hybridized carbons (Fsp3) is 0.308. The van der Waals surface area contributed by atoms with Gasteiger partial charge >= 0.3 is 0 Å². The van der Waals surface area contributed by atoms with Gasteiger partial charge in [-0.05, 0) is 30.9 Å². The smallest absolute Gasteiger partial charge is 0.0160 e. The maximum atomic E-state index is 2.33. The molecule has 0 atom stereocenters. The van der Waals surface area contributed by atoms with Crippen LogP contribution in [0.4, 0.5) is 0 Å². The second kappa shape index (κ2) is 3.37. The molecule has 1 radical (unpaired) electrons. The first-order valence-electron chi connectivity index (χ1n) is 4.92. The third-order valence-electron chi connectivity index (χ3n) is 2.77. The Kier molecular flexibility index (Phi) is 2.22. The van der Waals surface area contributed by atoms with Crippen LogP contribution in [0.15, 0.2) is 35.4 Å². The molecule has 0 N–H and O–H groups in total. The largest absolute Gasteiger partial charge is 0.0691 e. The quantitative estimate of drug-likeness (QED) is 0.606. The van der Waals surface area contributed by atoms with Gasteiger partial charge in [-0.15, -0.1) is 0 Å². The highest BCUT2D eigenvalue weighted by Gasteiger charge is 2.13. The summed E-state index contributed by atoms with van der Waals surface area (Å²) in [5, 5.41) is 0. The minimum Gasteiger partial charge on any atom is -0.0691 e. The van der Waals surface area contributed by atoms with E-state index in [9.17, 15) is 0 Å². The molecule has 1 aromatic rings. The first-order valence-corrected chi connectivity index (χ1v) is 4.92. The summed E-state index contributed by atoms with van der Waals surface area (Å²) in [6.45, 7) is 4.47. The summed E-state index contributed by atoms with van der Waals surface area (Å²) in [4.78, 5) is 0. The molecule has 0 aromatic heterocycles. The van der Waals surface area contributed by atoms with Crippen LogP contribution in [0.3, 0.4) is 0 Å². The first kappa shape index (κ1) is 8.55. The van der Waals surface area contributed by atoms with E-state index in [1.807, 2.05) is 0 Å². The molecule has 0 heteroatoms. The van der Waals surface area contributed by atoms with E-state index in [1.165, 1.54) is 22.3 Å². The average Bonchev–Trinajstić information content (AvgIpc) is 2.17. The van der Waals surface area contributed by atoms with Crippen LogP contribution in [-0.2, 0) is 6.42 Å². The molecule has 2 rings (SSSR count). The van der Waals surface area contributed by atoms with Gasteiger partial charge in [0.25, 0.3) is 0 Å². The van der Waals surface area contributed by atoms with Crippen LogP contribution in [0, 0.1) is 6.42 Å². The first-order chi connectivity index (χ1) is 6.31. The van der Waals surface area contributed by atoms with Crippen molar-refractivity contribution in [3.05, 3.63) is 53.0 Å². The normalized spacial score (nSPS) is 15.8. The molecule has 1 aromatic carbocycles. The van der Waals surface area contributed by atoms with Crippen LogP contribution in [0.2, 0.25) is 0 Å². The van der Waals surface area contributed by atoms with Crippen LogP contribution in [0.5, 0.6) is 0 Å². The molecule has 67 valence electrons. The molecule has 0 amide bonds. The fourth-order valence-corrected chi connectivity index (χ4v) is 1.95. The lowest BCUT2D eigenvalue weighted by atomic mass is 9.86. The molecule has 1 aliphatic rings. The van der Waals surface area contributed by atoms with Gasteiger partial charge in [-0.25, -0.2) is 0 Å². The van der Waals surface area contributed by atoms with Gasteiger partial charge in [-0.3, -0.25) is 0 Å². The predicted molar refractivity (Wildman–Crippen MR) is 56.5 cm³/mol. The zero-order valence-electron chi connectivity index (χ0n) is 8.30. The van der Waals surface area contributed by atoms with Crippen molar-refractivity contribution in [2.75, 3.05) is 0 Å². The maximum Gasteiger partial charge on any atom is 0.0160 e. The number of benzene rings is 1. The Bertz CT molecular complexity index is 345. The lowest BCUT2D eigenvalue weighted by Gasteiger charge is -2.19. The lowest BCUT2D eigenvalue weighted by molar-refractivity contribution is 0.976. The van der Waals surface area contributed by atoms with Crippen molar-refractivity contribution in [3.8, 4) is 0 Å². The molecule has 0 unspecified atom stereocenters. The topological polar surface area (TPSA) is 0 Å². The highest BCUT2D eigenvalue weighted by molar-refractivity contribution is 5.47. The van der Waals surface area contributed by atoms with E-state index in [2.05, 4.69) is 44.5 Å². The van der Waals surface area contributed by atoms with Gasteiger partial charge in [-0.2, -0.15) is 0 Å². The molecule has 0 bridgehead atoms. The lowest BCUT2D eigenvalue weighted by Crippen LogP contribution is -2.04. The third kappa shape index (κ3) is 1.53. The second-order valence-electron chi connectivity index (χ2n) is 3.68. The standard InChI is InChI=1S/C13H15/c1-3-11-9-13-7-5-4-6-12(13)8-10(11)2/h4-7,9H,3,8H2,1-2H3. The van der Waals surface area contributed by atoms with Gasteiger partial charge < -0.3 is 0 Å². The average molecular weight is 171 g/mol. The molecule has 0 saturated carbocycles. The van der Waals surface area contributed by atoms with Crippen molar-refractivity contribution < 1.29 is 0 Å². The molecule has 0 nitrogen and oxygen atoms in total. The number of allylic oxidation sites excluding steroid dienone is 2. The van der Waals surface area contributed by atoms with Crippen molar-refractivity contribution in [1.82, 2.24) is 0 Å². The number of hydrogen-bond acceptors (Lipinski definition) is 0. The van der Waals surface area contributed by atoms with Crippen LogP contribution in [0.25, 0.3) is 0 Å². The Morgan fingerprint density at radius 1 is 1.23 bits per heavy atom. The van der Waals surface area contributed by atoms with Gasteiger partial charge in [0, 0.05) is 6.42 Å².